The highest BCUT2D eigenvalue weighted by molar-refractivity contribution is 9.10. The Morgan fingerprint density at radius 2 is 2.06 bits per heavy atom. The first kappa shape index (κ1) is 11.5. The van der Waals surface area contributed by atoms with E-state index in [-0.39, 0.29) is 0 Å². The Hall–Kier alpha value is -1.00. The van der Waals surface area contributed by atoms with Gasteiger partial charge in [0.2, 0.25) is 0 Å². The standard InChI is InChI=1S/C12H13BrN2S/c1-8-5-6-16-12(8)15(2)11-4-3-9(13)7-10(11)14/h3-7H,14H2,1-2H3. The van der Waals surface area contributed by atoms with Crippen LogP contribution in [-0.4, -0.2) is 7.05 Å². The number of nitrogen functional groups attached to an aromatic ring is 1. The monoisotopic (exact) mass is 296 g/mol. The van der Waals surface area contributed by atoms with Gasteiger partial charge in [-0.05, 0) is 42.1 Å². The molecule has 1 heterocycles. The summed E-state index contributed by atoms with van der Waals surface area (Å²) in [6, 6.07) is 8.07. The number of hydrogen-bond acceptors (Lipinski definition) is 3. The van der Waals surface area contributed by atoms with Gasteiger partial charge in [0.1, 0.15) is 0 Å². The molecule has 0 saturated carbocycles. The lowest BCUT2D eigenvalue weighted by Gasteiger charge is -2.20. The van der Waals surface area contributed by atoms with E-state index in [1.807, 2.05) is 25.2 Å². The fourth-order valence-electron chi connectivity index (χ4n) is 1.65. The van der Waals surface area contributed by atoms with Crippen LogP contribution >= 0.6 is 27.3 Å². The zero-order chi connectivity index (χ0) is 11.7. The summed E-state index contributed by atoms with van der Waals surface area (Å²) in [4.78, 5) is 2.13. The lowest BCUT2D eigenvalue weighted by molar-refractivity contribution is 1.22. The number of halogens is 1. The fourth-order valence-corrected chi connectivity index (χ4v) is 2.94. The van der Waals surface area contributed by atoms with Crippen molar-refractivity contribution >= 4 is 43.6 Å². The van der Waals surface area contributed by atoms with E-state index in [1.165, 1.54) is 10.6 Å². The van der Waals surface area contributed by atoms with Crippen LogP contribution in [0.3, 0.4) is 0 Å². The number of rotatable bonds is 2. The summed E-state index contributed by atoms with van der Waals surface area (Å²) >= 11 is 5.14. The van der Waals surface area contributed by atoms with Crippen LogP contribution in [-0.2, 0) is 0 Å². The third-order valence-corrected chi connectivity index (χ3v) is 4.08. The molecule has 2 nitrogen and oxygen atoms in total. The van der Waals surface area contributed by atoms with Crippen LogP contribution < -0.4 is 10.6 Å². The summed E-state index contributed by atoms with van der Waals surface area (Å²) < 4.78 is 1.00. The molecule has 4 heteroatoms. The van der Waals surface area contributed by atoms with Gasteiger partial charge in [-0.1, -0.05) is 15.9 Å². The molecule has 0 saturated heterocycles. The van der Waals surface area contributed by atoms with Crippen molar-refractivity contribution in [3.8, 4) is 0 Å². The minimum atomic E-state index is 0.782. The lowest BCUT2D eigenvalue weighted by atomic mass is 10.2. The first-order valence-corrected chi connectivity index (χ1v) is 6.59. The average Bonchev–Trinajstić information content (AvgIpc) is 2.63. The molecule has 2 rings (SSSR count). The highest BCUT2D eigenvalue weighted by Crippen LogP contribution is 2.35. The number of benzene rings is 1. The van der Waals surface area contributed by atoms with Crippen molar-refractivity contribution in [2.45, 2.75) is 6.92 Å². The van der Waals surface area contributed by atoms with Gasteiger partial charge >= 0.3 is 0 Å². The number of nitrogens with two attached hydrogens (primary N) is 1. The molecule has 0 fully saturated rings. The van der Waals surface area contributed by atoms with Crippen LogP contribution in [0.15, 0.2) is 34.1 Å². The Labute approximate surface area is 108 Å². The Morgan fingerprint density at radius 1 is 1.31 bits per heavy atom. The molecule has 0 aliphatic rings. The molecule has 0 bridgehead atoms. The van der Waals surface area contributed by atoms with Crippen molar-refractivity contribution in [1.82, 2.24) is 0 Å². The number of anilines is 3. The SMILES string of the molecule is Cc1ccsc1N(C)c1ccc(Br)cc1N. The second kappa shape index (κ2) is 4.47. The predicted octanol–water partition coefficient (Wildman–Crippen LogP) is 4.17. The van der Waals surface area contributed by atoms with Crippen LogP contribution in [0.4, 0.5) is 16.4 Å². The normalized spacial score (nSPS) is 10.4. The van der Waals surface area contributed by atoms with E-state index >= 15 is 0 Å². The van der Waals surface area contributed by atoms with Crippen LogP contribution in [0.2, 0.25) is 0 Å². The topological polar surface area (TPSA) is 29.3 Å². The fraction of sp³-hybridized carbons (Fsp3) is 0.167. The van der Waals surface area contributed by atoms with Gasteiger partial charge < -0.3 is 10.6 Å². The molecule has 2 aromatic rings. The molecule has 0 radical (unpaired) electrons. The third kappa shape index (κ3) is 2.08. The largest absolute Gasteiger partial charge is 0.397 e. The molecular weight excluding hydrogens is 284 g/mol. The zero-order valence-corrected chi connectivity index (χ0v) is 11.6. The van der Waals surface area contributed by atoms with Crippen LogP contribution in [0.5, 0.6) is 0 Å². The third-order valence-electron chi connectivity index (χ3n) is 2.49. The van der Waals surface area contributed by atoms with E-state index in [4.69, 9.17) is 5.73 Å². The minimum absolute atomic E-state index is 0.782. The first-order valence-electron chi connectivity index (χ1n) is 4.92. The summed E-state index contributed by atoms with van der Waals surface area (Å²) in [5.41, 5.74) is 9.10. The molecule has 84 valence electrons. The molecular formula is C12H13BrN2S. The Morgan fingerprint density at radius 3 is 2.62 bits per heavy atom. The summed E-state index contributed by atoms with van der Waals surface area (Å²) in [6.07, 6.45) is 0. The van der Waals surface area contributed by atoms with E-state index in [0.717, 1.165) is 15.8 Å². The molecule has 0 spiro atoms. The van der Waals surface area contributed by atoms with Crippen molar-refractivity contribution in [3.63, 3.8) is 0 Å². The molecule has 16 heavy (non-hydrogen) atoms. The maximum Gasteiger partial charge on any atom is 0.0980 e. The van der Waals surface area contributed by atoms with Crippen LogP contribution in [0.25, 0.3) is 0 Å². The zero-order valence-electron chi connectivity index (χ0n) is 9.20. The minimum Gasteiger partial charge on any atom is -0.397 e. The lowest BCUT2D eigenvalue weighted by Crippen LogP contribution is -2.11. The molecule has 0 atom stereocenters. The molecule has 0 aliphatic carbocycles. The van der Waals surface area contributed by atoms with Gasteiger partial charge in [0, 0.05) is 11.5 Å². The summed E-state index contributed by atoms with van der Waals surface area (Å²) in [5, 5.41) is 3.32. The Balaban J connectivity index is 2.41. The van der Waals surface area contributed by atoms with Gasteiger partial charge in [0.05, 0.1) is 16.4 Å². The maximum absolute atomic E-state index is 6.01. The highest BCUT2D eigenvalue weighted by Gasteiger charge is 2.10. The van der Waals surface area contributed by atoms with Gasteiger partial charge in [0.15, 0.2) is 0 Å². The Kier molecular flexibility index (Phi) is 3.21. The number of aryl methyl sites for hydroxylation is 1. The quantitative estimate of drug-likeness (QED) is 0.843. The molecule has 1 aromatic carbocycles. The second-order valence-corrected chi connectivity index (χ2v) is 5.48. The number of hydrogen-bond donors (Lipinski definition) is 1. The van der Waals surface area contributed by atoms with E-state index in [9.17, 15) is 0 Å². The number of nitrogens with zero attached hydrogens (tertiary/aromatic N) is 1. The molecule has 0 aliphatic heterocycles. The molecule has 2 N–H and O–H groups in total. The van der Waals surface area contributed by atoms with Gasteiger partial charge in [-0.15, -0.1) is 11.3 Å². The summed E-state index contributed by atoms with van der Waals surface area (Å²) in [7, 11) is 2.04. The van der Waals surface area contributed by atoms with E-state index in [0.29, 0.717) is 0 Å². The summed E-state index contributed by atoms with van der Waals surface area (Å²) in [6.45, 7) is 2.11. The second-order valence-electron chi connectivity index (χ2n) is 3.67. The van der Waals surface area contributed by atoms with E-state index in [2.05, 4.69) is 39.2 Å². The van der Waals surface area contributed by atoms with Crippen molar-refractivity contribution in [2.24, 2.45) is 0 Å². The first-order chi connectivity index (χ1) is 7.59. The molecule has 1 aromatic heterocycles. The average molecular weight is 297 g/mol. The van der Waals surface area contributed by atoms with Crippen molar-refractivity contribution < 1.29 is 0 Å². The van der Waals surface area contributed by atoms with Gasteiger partial charge in [-0.25, -0.2) is 0 Å². The number of thiophene rings is 1. The smallest absolute Gasteiger partial charge is 0.0980 e. The van der Waals surface area contributed by atoms with Crippen LogP contribution in [0.1, 0.15) is 5.56 Å². The van der Waals surface area contributed by atoms with Crippen molar-refractivity contribution in [1.29, 1.82) is 0 Å². The van der Waals surface area contributed by atoms with Crippen LogP contribution in [0, 0.1) is 6.92 Å². The Bertz CT molecular complexity index is 507. The van der Waals surface area contributed by atoms with Gasteiger partial charge in [0.25, 0.3) is 0 Å². The molecule has 0 unspecified atom stereocenters. The van der Waals surface area contributed by atoms with Gasteiger partial charge in [-0.2, -0.15) is 0 Å². The maximum atomic E-state index is 6.01. The van der Waals surface area contributed by atoms with E-state index in [1.54, 1.807) is 11.3 Å². The predicted molar refractivity (Wildman–Crippen MR) is 75.7 cm³/mol. The highest BCUT2D eigenvalue weighted by atomic mass is 79.9. The van der Waals surface area contributed by atoms with Crippen molar-refractivity contribution in [2.75, 3.05) is 17.7 Å². The van der Waals surface area contributed by atoms with Gasteiger partial charge in [-0.3, -0.25) is 0 Å². The van der Waals surface area contributed by atoms with Crippen molar-refractivity contribution in [3.05, 3.63) is 39.7 Å². The molecule has 0 amide bonds. The van der Waals surface area contributed by atoms with E-state index < -0.39 is 0 Å². The summed E-state index contributed by atoms with van der Waals surface area (Å²) in [5.74, 6) is 0.